The van der Waals surface area contributed by atoms with E-state index in [4.69, 9.17) is 35.4 Å². The minimum atomic E-state index is -0.816. The van der Waals surface area contributed by atoms with Gasteiger partial charge in [0.05, 0.1) is 16.7 Å². The number of amides is 2. The molecule has 1 saturated heterocycles. The van der Waals surface area contributed by atoms with E-state index in [1.54, 1.807) is 41.5 Å². The summed E-state index contributed by atoms with van der Waals surface area (Å²) in [4.78, 5) is 32.9. The van der Waals surface area contributed by atoms with Crippen molar-refractivity contribution in [3.63, 3.8) is 0 Å². The molecule has 220 valence electrons. The van der Waals surface area contributed by atoms with Crippen LogP contribution in [0.3, 0.4) is 0 Å². The highest BCUT2D eigenvalue weighted by Crippen LogP contribution is 2.52. The molecule has 40 heavy (non-hydrogen) atoms. The van der Waals surface area contributed by atoms with Gasteiger partial charge in [-0.15, -0.1) is 0 Å². The Balaban J connectivity index is 1.78. The summed E-state index contributed by atoms with van der Waals surface area (Å²) in [6.45, 7) is 18.6. The molecule has 2 atom stereocenters. The first-order valence-corrected chi connectivity index (χ1v) is 15.2. The first kappa shape index (κ1) is 31.2. The quantitative estimate of drug-likeness (QED) is 0.345. The van der Waals surface area contributed by atoms with Crippen LogP contribution < -0.4 is 5.46 Å². The van der Waals surface area contributed by atoms with E-state index in [0.717, 1.165) is 35.2 Å². The summed E-state index contributed by atoms with van der Waals surface area (Å²) in [5, 5.41) is 0.812. The SMILES string of the molecule is CC(C)(C)OC(=O)N(C(=O)OC(C)(C)C)C1=N[C@@]2(c3cc(Cl)cc(B4OC(C)(C)C(C)(C)O4)c3)CCC[C@H]2CS1. The molecule has 0 N–H and O–H groups in total. The maximum Gasteiger partial charge on any atom is 0.494 e. The molecular weight excluding hydrogens is 551 g/mol. The second-order valence-corrected chi connectivity index (χ2v) is 15.3. The Morgan fingerprint density at radius 3 is 2.08 bits per heavy atom. The lowest BCUT2D eigenvalue weighted by atomic mass is 9.74. The van der Waals surface area contributed by atoms with Crippen LogP contribution in [0.1, 0.15) is 94.1 Å². The molecule has 1 saturated carbocycles. The van der Waals surface area contributed by atoms with Gasteiger partial charge in [0.1, 0.15) is 11.2 Å². The molecule has 8 nitrogen and oxygen atoms in total. The van der Waals surface area contributed by atoms with Gasteiger partial charge >= 0.3 is 19.3 Å². The molecule has 0 radical (unpaired) electrons. The van der Waals surface area contributed by atoms with E-state index in [2.05, 4.69) is 6.07 Å². The lowest BCUT2D eigenvalue weighted by molar-refractivity contribution is 0.00578. The summed E-state index contributed by atoms with van der Waals surface area (Å²) in [7, 11) is -0.583. The Morgan fingerprint density at radius 1 is 1.00 bits per heavy atom. The average Bonchev–Trinajstić information content (AvgIpc) is 3.29. The van der Waals surface area contributed by atoms with Crippen LogP contribution in [0.5, 0.6) is 0 Å². The number of halogens is 1. The van der Waals surface area contributed by atoms with Crippen molar-refractivity contribution in [1.82, 2.24) is 4.90 Å². The van der Waals surface area contributed by atoms with Crippen molar-refractivity contribution in [3.05, 3.63) is 28.8 Å². The molecule has 1 aliphatic carbocycles. The number of fused-ring (bicyclic) bond motifs is 1. The van der Waals surface area contributed by atoms with E-state index in [1.165, 1.54) is 11.8 Å². The summed E-state index contributed by atoms with van der Waals surface area (Å²) in [5.41, 5.74) is -1.56. The monoisotopic (exact) mass is 592 g/mol. The number of hydrogen-bond acceptors (Lipinski definition) is 8. The number of hydrogen-bond donors (Lipinski definition) is 0. The fraction of sp³-hybridized carbons (Fsp3) is 0.690. The van der Waals surface area contributed by atoms with Crippen LogP contribution >= 0.6 is 23.4 Å². The summed E-state index contributed by atoms with van der Waals surface area (Å²) in [6, 6.07) is 5.84. The third kappa shape index (κ3) is 6.35. The Morgan fingerprint density at radius 2 is 1.55 bits per heavy atom. The number of carbonyl (C=O) groups is 2. The van der Waals surface area contributed by atoms with Crippen LogP contribution in [0.15, 0.2) is 23.2 Å². The van der Waals surface area contributed by atoms with Gasteiger partial charge in [-0.05, 0) is 111 Å². The van der Waals surface area contributed by atoms with Crippen molar-refractivity contribution in [2.24, 2.45) is 10.9 Å². The zero-order chi connectivity index (χ0) is 29.9. The van der Waals surface area contributed by atoms with Crippen molar-refractivity contribution in [2.75, 3.05) is 5.75 Å². The van der Waals surface area contributed by atoms with Gasteiger partial charge < -0.3 is 18.8 Å². The van der Waals surface area contributed by atoms with Crippen LogP contribution in [-0.4, -0.2) is 57.5 Å². The van der Waals surface area contributed by atoms with E-state index in [1.807, 2.05) is 39.8 Å². The number of aliphatic imine (C=N–C) groups is 1. The predicted molar refractivity (Wildman–Crippen MR) is 160 cm³/mol. The molecule has 2 fully saturated rings. The van der Waals surface area contributed by atoms with Crippen LogP contribution in [0.4, 0.5) is 9.59 Å². The standard InChI is InChI=1S/C29H42BClN2O6S/c1-25(2,3)36-23(34)33(24(35)37-26(4,5)6)22-32-29(13-11-12-18(29)17-40-22)19-14-20(16-21(31)15-19)30-38-27(7,8)28(9,10)39-30/h14-16,18H,11-13,17H2,1-10H3/t18-,29-/m0/s1. The van der Waals surface area contributed by atoms with Crippen LogP contribution in [0, 0.1) is 5.92 Å². The van der Waals surface area contributed by atoms with Crippen LogP contribution in [-0.2, 0) is 24.3 Å². The molecular formula is C29H42BClN2O6S. The van der Waals surface area contributed by atoms with Crippen molar-refractivity contribution >= 4 is 53.3 Å². The molecule has 0 unspecified atom stereocenters. The lowest BCUT2D eigenvalue weighted by Crippen LogP contribution is -2.49. The van der Waals surface area contributed by atoms with Crippen molar-refractivity contribution < 1.29 is 28.4 Å². The van der Waals surface area contributed by atoms with Gasteiger partial charge in [-0.25, -0.2) is 14.6 Å². The molecule has 2 amide bonds. The van der Waals surface area contributed by atoms with Crippen molar-refractivity contribution in [2.45, 2.75) is 116 Å². The van der Waals surface area contributed by atoms with E-state index < -0.39 is 47.2 Å². The molecule has 0 spiro atoms. The van der Waals surface area contributed by atoms with Crippen molar-refractivity contribution in [1.29, 1.82) is 0 Å². The number of nitrogens with zero attached hydrogens (tertiary/aromatic N) is 2. The second-order valence-electron chi connectivity index (χ2n) is 13.9. The lowest BCUT2D eigenvalue weighted by Gasteiger charge is -2.39. The zero-order valence-electron chi connectivity index (χ0n) is 25.3. The van der Waals surface area contributed by atoms with Gasteiger partial charge in [-0.1, -0.05) is 35.9 Å². The third-order valence-corrected chi connectivity index (χ3v) is 9.10. The second kappa shape index (κ2) is 10.5. The van der Waals surface area contributed by atoms with E-state index in [0.29, 0.717) is 10.8 Å². The van der Waals surface area contributed by atoms with Gasteiger partial charge in [-0.2, -0.15) is 4.90 Å². The predicted octanol–water partition coefficient (Wildman–Crippen LogP) is 6.91. The summed E-state index contributed by atoms with van der Waals surface area (Å²) in [5.74, 6) is 0.879. The molecule has 0 bridgehead atoms. The Labute approximate surface area is 248 Å². The third-order valence-electron chi connectivity index (χ3n) is 7.78. The zero-order valence-corrected chi connectivity index (χ0v) is 26.9. The summed E-state index contributed by atoms with van der Waals surface area (Å²) < 4.78 is 23.9. The molecule has 4 rings (SSSR count). The van der Waals surface area contributed by atoms with Gasteiger partial charge in [0.2, 0.25) is 0 Å². The van der Waals surface area contributed by atoms with E-state index in [9.17, 15) is 9.59 Å². The molecule has 2 heterocycles. The maximum absolute atomic E-state index is 13.4. The highest BCUT2D eigenvalue weighted by atomic mass is 35.5. The number of thioether (sulfide) groups is 1. The largest absolute Gasteiger partial charge is 0.494 e. The van der Waals surface area contributed by atoms with Gasteiger partial charge in [0, 0.05) is 10.8 Å². The topological polar surface area (TPSA) is 86.7 Å². The highest BCUT2D eigenvalue weighted by molar-refractivity contribution is 8.13. The fourth-order valence-corrected chi connectivity index (χ4v) is 6.73. The minimum absolute atomic E-state index is 0.199. The molecule has 1 aromatic carbocycles. The van der Waals surface area contributed by atoms with Crippen LogP contribution in [0.25, 0.3) is 0 Å². The molecule has 11 heteroatoms. The number of ether oxygens (including phenoxy) is 2. The number of benzene rings is 1. The molecule has 1 aromatic rings. The molecule has 2 aliphatic heterocycles. The average molecular weight is 593 g/mol. The molecule has 0 aromatic heterocycles. The highest BCUT2D eigenvalue weighted by Gasteiger charge is 2.53. The smallest absolute Gasteiger partial charge is 0.443 e. The normalized spacial score (nSPS) is 25.7. The van der Waals surface area contributed by atoms with E-state index >= 15 is 0 Å². The number of carbonyl (C=O) groups excluding carboxylic acids is 2. The summed E-state index contributed by atoms with van der Waals surface area (Å²) in [6.07, 6.45) is 1.05. The number of amidine groups is 1. The van der Waals surface area contributed by atoms with Crippen LogP contribution in [0.2, 0.25) is 5.02 Å². The fourth-order valence-electron chi connectivity index (χ4n) is 5.19. The first-order valence-electron chi connectivity index (χ1n) is 13.9. The maximum atomic E-state index is 13.4. The number of imide groups is 1. The minimum Gasteiger partial charge on any atom is -0.443 e. The first-order chi connectivity index (χ1) is 18.2. The van der Waals surface area contributed by atoms with Gasteiger partial charge in [0.15, 0.2) is 5.17 Å². The number of rotatable bonds is 2. The molecule has 3 aliphatic rings. The van der Waals surface area contributed by atoms with Gasteiger partial charge in [-0.3, -0.25) is 0 Å². The summed E-state index contributed by atoms with van der Waals surface area (Å²) >= 11 is 8.07. The van der Waals surface area contributed by atoms with E-state index in [-0.39, 0.29) is 11.1 Å². The van der Waals surface area contributed by atoms with Gasteiger partial charge in [0.25, 0.3) is 0 Å². The Bertz CT molecular complexity index is 1160. The Hall–Kier alpha value is -1.75. The van der Waals surface area contributed by atoms with Crippen molar-refractivity contribution in [3.8, 4) is 0 Å². The Kier molecular flexibility index (Phi) is 8.20.